The number of benzene rings is 1. The van der Waals surface area contributed by atoms with Gasteiger partial charge in [0.2, 0.25) is 0 Å². The third-order valence-corrected chi connectivity index (χ3v) is 2.77. The molecule has 0 radical (unpaired) electrons. The molecule has 1 rings (SSSR count). The molecule has 0 bridgehead atoms. The molecular weight excluding hydrogens is 306 g/mol. The van der Waals surface area contributed by atoms with Crippen LogP contribution < -0.4 is 5.32 Å². The van der Waals surface area contributed by atoms with E-state index in [0.29, 0.717) is 0 Å². The Labute approximate surface area is 123 Å². The molecule has 19 heavy (non-hydrogen) atoms. The number of carbonyl (C=O) groups excluding carboxylic acids is 1. The molecule has 3 nitrogen and oxygen atoms in total. The molecule has 0 saturated carbocycles. The van der Waals surface area contributed by atoms with Gasteiger partial charge in [-0.2, -0.15) is 0 Å². The van der Waals surface area contributed by atoms with E-state index >= 15 is 0 Å². The van der Waals surface area contributed by atoms with Gasteiger partial charge in [0, 0.05) is 10.2 Å². The van der Waals surface area contributed by atoms with Gasteiger partial charge in [-0.3, -0.25) is 4.79 Å². The highest BCUT2D eigenvalue weighted by molar-refractivity contribution is 9.10. The molecule has 0 saturated heterocycles. The topological polar surface area (TPSA) is 38.3 Å². The Morgan fingerprint density at radius 2 is 2.16 bits per heavy atom. The third kappa shape index (κ3) is 5.92. The molecule has 1 N–H and O–H groups in total. The Morgan fingerprint density at radius 3 is 2.74 bits per heavy atom. The molecule has 0 aromatic heterocycles. The zero-order valence-corrected chi connectivity index (χ0v) is 13.2. The predicted octanol–water partition coefficient (Wildman–Crippen LogP) is 3.93. The first-order valence-corrected chi connectivity index (χ1v) is 6.96. The van der Waals surface area contributed by atoms with Crippen LogP contribution in [0.1, 0.15) is 26.3 Å². The summed E-state index contributed by atoms with van der Waals surface area (Å²) < 4.78 is 6.26. The molecule has 1 aromatic rings. The minimum Gasteiger partial charge on any atom is -0.459 e. The number of rotatable bonds is 5. The molecule has 0 aliphatic carbocycles. The normalized spacial score (nSPS) is 10.9. The molecule has 0 atom stereocenters. The summed E-state index contributed by atoms with van der Waals surface area (Å²) in [5.41, 5.74) is 1.56. The molecule has 0 heterocycles. The maximum atomic E-state index is 11.7. The summed E-state index contributed by atoms with van der Waals surface area (Å²) in [5.74, 6) is -0.264. The van der Waals surface area contributed by atoms with Crippen LogP contribution in [0.5, 0.6) is 0 Å². The van der Waals surface area contributed by atoms with Crippen LogP contribution in [0.15, 0.2) is 35.3 Å². The Kier molecular flexibility index (Phi) is 5.60. The number of ether oxygens (including phenoxy) is 1. The van der Waals surface area contributed by atoms with E-state index in [1.54, 1.807) is 0 Å². The number of esters is 1. The van der Waals surface area contributed by atoms with Crippen LogP contribution in [0, 0.1) is 0 Å². The largest absolute Gasteiger partial charge is 0.459 e. The second-order valence-electron chi connectivity index (χ2n) is 5.23. The van der Waals surface area contributed by atoms with Gasteiger partial charge in [-0.05, 0) is 51.0 Å². The predicted molar refractivity (Wildman–Crippen MR) is 82.4 cm³/mol. The average molecular weight is 326 g/mol. The number of halogens is 1. The molecule has 1 aromatic carbocycles. The maximum absolute atomic E-state index is 11.7. The van der Waals surface area contributed by atoms with Crippen LogP contribution in [-0.4, -0.2) is 18.1 Å². The summed E-state index contributed by atoms with van der Waals surface area (Å²) in [7, 11) is 0. The maximum Gasteiger partial charge on any atom is 0.325 e. The van der Waals surface area contributed by atoms with E-state index in [1.165, 1.54) is 0 Å². The lowest BCUT2D eigenvalue weighted by atomic mass is 10.1. The number of hydrogen-bond acceptors (Lipinski definition) is 3. The van der Waals surface area contributed by atoms with Crippen LogP contribution >= 0.6 is 15.9 Å². The fourth-order valence-electron chi connectivity index (χ4n) is 1.60. The molecule has 0 unspecified atom stereocenters. The molecule has 0 spiro atoms. The molecule has 0 amide bonds. The first-order valence-electron chi connectivity index (χ1n) is 6.17. The van der Waals surface area contributed by atoms with E-state index in [9.17, 15) is 4.79 Å². The van der Waals surface area contributed by atoms with Crippen LogP contribution in [-0.2, 0) is 16.0 Å². The van der Waals surface area contributed by atoms with Crippen molar-refractivity contribution in [3.05, 3.63) is 40.9 Å². The second kappa shape index (κ2) is 6.75. The summed E-state index contributed by atoms with van der Waals surface area (Å²) in [6.07, 6.45) is 2.58. The SMILES string of the molecule is C=CCc1cc(Br)ccc1NCC(=O)OC(C)(C)C. The van der Waals surface area contributed by atoms with Crippen molar-refractivity contribution in [2.24, 2.45) is 0 Å². The van der Waals surface area contributed by atoms with Crippen molar-refractivity contribution >= 4 is 27.6 Å². The van der Waals surface area contributed by atoms with Crippen molar-refractivity contribution in [3.8, 4) is 0 Å². The van der Waals surface area contributed by atoms with E-state index in [1.807, 2.05) is 45.0 Å². The number of hydrogen-bond donors (Lipinski definition) is 1. The van der Waals surface area contributed by atoms with Crippen molar-refractivity contribution < 1.29 is 9.53 Å². The van der Waals surface area contributed by atoms with Crippen LogP contribution in [0.2, 0.25) is 0 Å². The standard InChI is InChI=1S/C15H20BrNO2/c1-5-6-11-9-12(16)7-8-13(11)17-10-14(18)19-15(2,3)4/h5,7-9,17H,1,6,10H2,2-4H3. The van der Waals surface area contributed by atoms with Gasteiger partial charge >= 0.3 is 5.97 Å². The van der Waals surface area contributed by atoms with Crippen LogP contribution in [0.25, 0.3) is 0 Å². The zero-order valence-electron chi connectivity index (χ0n) is 11.6. The van der Waals surface area contributed by atoms with Gasteiger partial charge in [-0.15, -0.1) is 6.58 Å². The van der Waals surface area contributed by atoms with E-state index in [-0.39, 0.29) is 12.5 Å². The number of carbonyl (C=O) groups is 1. The number of nitrogens with one attached hydrogen (secondary N) is 1. The molecule has 4 heteroatoms. The summed E-state index contributed by atoms with van der Waals surface area (Å²) >= 11 is 3.43. The van der Waals surface area contributed by atoms with Crippen molar-refractivity contribution in [3.63, 3.8) is 0 Å². The average Bonchev–Trinajstić information content (AvgIpc) is 2.26. The Balaban J connectivity index is 2.67. The van der Waals surface area contributed by atoms with Crippen LogP contribution in [0.4, 0.5) is 5.69 Å². The lowest BCUT2D eigenvalue weighted by molar-refractivity contribution is -0.152. The third-order valence-electron chi connectivity index (χ3n) is 2.27. The first-order chi connectivity index (χ1) is 8.81. The number of anilines is 1. The van der Waals surface area contributed by atoms with Crippen LogP contribution in [0.3, 0.4) is 0 Å². The first kappa shape index (κ1) is 15.8. The highest BCUT2D eigenvalue weighted by Gasteiger charge is 2.16. The van der Waals surface area contributed by atoms with Crippen molar-refractivity contribution in [2.75, 3.05) is 11.9 Å². The van der Waals surface area contributed by atoms with E-state index < -0.39 is 5.60 Å². The second-order valence-corrected chi connectivity index (χ2v) is 6.15. The van der Waals surface area contributed by atoms with E-state index in [2.05, 4.69) is 27.8 Å². The number of allylic oxidation sites excluding steroid dienone is 1. The fraction of sp³-hybridized carbons (Fsp3) is 0.400. The molecule has 104 valence electrons. The highest BCUT2D eigenvalue weighted by Crippen LogP contribution is 2.22. The summed E-state index contributed by atoms with van der Waals surface area (Å²) in [4.78, 5) is 11.7. The lowest BCUT2D eigenvalue weighted by Gasteiger charge is -2.20. The fourth-order valence-corrected chi connectivity index (χ4v) is 2.01. The quantitative estimate of drug-likeness (QED) is 0.658. The molecule has 0 aliphatic rings. The van der Waals surface area contributed by atoms with Crippen molar-refractivity contribution in [1.82, 2.24) is 0 Å². The van der Waals surface area contributed by atoms with E-state index in [0.717, 1.165) is 22.1 Å². The van der Waals surface area contributed by atoms with Gasteiger partial charge in [0.25, 0.3) is 0 Å². The van der Waals surface area contributed by atoms with Gasteiger partial charge < -0.3 is 10.1 Å². The lowest BCUT2D eigenvalue weighted by Crippen LogP contribution is -2.28. The summed E-state index contributed by atoms with van der Waals surface area (Å²) in [6.45, 7) is 9.46. The van der Waals surface area contributed by atoms with E-state index in [4.69, 9.17) is 4.74 Å². The van der Waals surface area contributed by atoms with Gasteiger partial charge in [-0.25, -0.2) is 0 Å². The Bertz CT molecular complexity index is 464. The Morgan fingerprint density at radius 1 is 1.47 bits per heavy atom. The molecule has 0 aliphatic heterocycles. The van der Waals surface area contributed by atoms with Crippen molar-refractivity contribution in [1.29, 1.82) is 0 Å². The molecular formula is C15H20BrNO2. The minimum atomic E-state index is -0.456. The highest BCUT2D eigenvalue weighted by atomic mass is 79.9. The van der Waals surface area contributed by atoms with Crippen molar-refractivity contribution in [2.45, 2.75) is 32.8 Å². The monoisotopic (exact) mass is 325 g/mol. The zero-order chi connectivity index (χ0) is 14.5. The molecule has 0 fully saturated rings. The summed E-state index contributed by atoms with van der Waals surface area (Å²) in [5, 5.41) is 3.10. The van der Waals surface area contributed by atoms with Gasteiger partial charge in [0.15, 0.2) is 0 Å². The smallest absolute Gasteiger partial charge is 0.325 e. The van der Waals surface area contributed by atoms with Gasteiger partial charge in [-0.1, -0.05) is 22.0 Å². The minimum absolute atomic E-state index is 0.156. The van der Waals surface area contributed by atoms with Gasteiger partial charge in [0.05, 0.1) is 0 Å². The van der Waals surface area contributed by atoms with Gasteiger partial charge in [0.1, 0.15) is 12.1 Å². The summed E-state index contributed by atoms with van der Waals surface area (Å²) in [6, 6.07) is 5.89. The Hall–Kier alpha value is -1.29.